The van der Waals surface area contributed by atoms with E-state index in [1.54, 1.807) is 14.2 Å². The number of methoxy groups -OCH3 is 1. The summed E-state index contributed by atoms with van der Waals surface area (Å²) in [6, 6.07) is 6.35. The lowest BCUT2D eigenvalue weighted by Gasteiger charge is -2.13. The largest absolute Gasteiger partial charge is 0.496 e. The maximum atomic E-state index is 5.35. The Hall–Kier alpha value is -0.980. The van der Waals surface area contributed by atoms with Crippen LogP contribution in [0.1, 0.15) is 31.4 Å². The van der Waals surface area contributed by atoms with Crippen LogP contribution in [0.5, 0.6) is 5.75 Å². The molecular formula is C17H30IN3O. The molecule has 1 rings (SSSR count). The predicted octanol–water partition coefficient (Wildman–Crippen LogP) is 3.38. The van der Waals surface area contributed by atoms with Gasteiger partial charge in [-0.1, -0.05) is 26.0 Å². The average molecular weight is 419 g/mol. The molecule has 126 valence electrons. The van der Waals surface area contributed by atoms with Gasteiger partial charge in [-0.25, -0.2) is 0 Å². The number of aliphatic imine (C=N–C) groups is 1. The zero-order chi connectivity index (χ0) is 15.7. The molecule has 0 amide bonds. The van der Waals surface area contributed by atoms with Gasteiger partial charge < -0.3 is 15.4 Å². The summed E-state index contributed by atoms with van der Waals surface area (Å²) < 4.78 is 5.35. The lowest BCUT2D eigenvalue weighted by Crippen LogP contribution is -2.39. The topological polar surface area (TPSA) is 45.7 Å². The number of guanidine groups is 1. The van der Waals surface area contributed by atoms with Crippen molar-refractivity contribution >= 4 is 29.9 Å². The molecule has 0 fully saturated rings. The maximum absolute atomic E-state index is 5.35. The lowest BCUT2D eigenvalue weighted by atomic mass is 10.1. The summed E-state index contributed by atoms with van der Waals surface area (Å²) in [5.74, 6) is 2.53. The van der Waals surface area contributed by atoms with Crippen molar-refractivity contribution in [3.8, 4) is 5.75 Å². The summed E-state index contributed by atoms with van der Waals surface area (Å²) in [4.78, 5) is 4.23. The van der Waals surface area contributed by atoms with E-state index >= 15 is 0 Å². The van der Waals surface area contributed by atoms with E-state index < -0.39 is 0 Å². The van der Waals surface area contributed by atoms with Crippen LogP contribution in [-0.2, 0) is 6.42 Å². The second-order valence-corrected chi connectivity index (χ2v) is 5.66. The molecule has 0 radical (unpaired) electrons. The molecule has 2 N–H and O–H groups in total. The molecule has 0 saturated carbocycles. The van der Waals surface area contributed by atoms with E-state index in [4.69, 9.17) is 4.74 Å². The fourth-order valence-corrected chi connectivity index (χ4v) is 2.05. The molecule has 0 heterocycles. The summed E-state index contributed by atoms with van der Waals surface area (Å²) in [6.07, 6.45) is 2.09. The molecule has 1 aromatic carbocycles. The summed E-state index contributed by atoms with van der Waals surface area (Å²) in [6.45, 7) is 8.32. The quantitative estimate of drug-likeness (QED) is 0.405. The Morgan fingerprint density at radius 3 is 2.50 bits per heavy atom. The molecule has 0 bridgehead atoms. The third kappa shape index (κ3) is 7.87. The van der Waals surface area contributed by atoms with Crippen molar-refractivity contribution in [3.63, 3.8) is 0 Å². The van der Waals surface area contributed by atoms with Gasteiger partial charge in [0.05, 0.1) is 7.11 Å². The normalized spacial score (nSPS) is 11.1. The Balaban J connectivity index is 0.00000441. The number of hydrogen-bond donors (Lipinski definition) is 2. The third-order valence-electron chi connectivity index (χ3n) is 3.42. The van der Waals surface area contributed by atoms with E-state index in [0.29, 0.717) is 5.92 Å². The molecule has 0 unspecified atom stereocenters. The van der Waals surface area contributed by atoms with Crippen LogP contribution in [0.25, 0.3) is 0 Å². The third-order valence-corrected chi connectivity index (χ3v) is 3.42. The van der Waals surface area contributed by atoms with Crippen LogP contribution in [0.15, 0.2) is 23.2 Å². The molecule has 1 aromatic rings. The maximum Gasteiger partial charge on any atom is 0.190 e. The molecule has 4 nitrogen and oxygen atoms in total. The zero-order valence-electron chi connectivity index (χ0n) is 14.4. The molecule has 0 aliphatic rings. The van der Waals surface area contributed by atoms with Crippen LogP contribution in [-0.4, -0.2) is 33.2 Å². The van der Waals surface area contributed by atoms with E-state index in [-0.39, 0.29) is 24.0 Å². The summed E-state index contributed by atoms with van der Waals surface area (Å²) >= 11 is 0. The first-order valence-corrected chi connectivity index (χ1v) is 7.64. The Bertz CT molecular complexity index is 461. The highest BCUT2D eigenvalue weighted by molar-refractivity contribution is 14.0. The first-order chi connectivity index (χ1) is 10.1. The van der Waals surface area contributed by atoms with E-state index in [9.17, 15) is 0 Å². The summed E-state index contributed by atoms with van der Waals surface area (Å²) in [5.41, 5.74) is 2.43. The molecule has 22 heavy (non-hydrogen) atoms. The van der Waals surface area contributed by atoms with E-state index in [1.165, 1.54) is 11.1 Å². The van der Waals surface area contributed by atoms with Crippen molar-refractivity contribution in [1.82, 2.24) is 10.6 Å². The fourth-order valence-electron chi connectivity index (χ4n) is 2.05. The number of aryl methyl sites for hydroxylation is 1. The minimum Gasteiger partial charge on any atom is -0.496 e. The predicted molar refractivity (Wildman–Crippen MR) is 106 cm³/mol. The molecule has 0 aliphatic carbocycles. The number of nitrogens with zero attached hydrogens (tertiary/aromatic N) is 1. The van der Waals surface area contributed by atoms with Crippen molar-refractivity contribution in [1.29, 1.82) is 0 Å². The number of benzene rings is 1. The highest BCUT2D eigenvalue weighted by Gasteiger charge is 2.02. The van der Waals surface area contributed by atoms with Crippen LogP contribution in [0, 0.1) is 12.8 Å². The van der Waals surface area contributed by atoms with Gasteiger partial charge >= 0.3 is 0 Å². The van der Waals surface area contributed by atoms with Crippen molar-refractivity contribution in [2.24, 2.45) is 10.9 Å². The van der Waals surface area contributed by atoms with Gasteiger partial charge in [-0.15, -0.1) is 24.0 Å². The van der Waals surface area contributed by atoms with Crippen LogP contribution in [0.4, 0.5) is 0 Å². The minimum atomic E-state index is 0. The Kier molecular flexibility index (Phi) is 11.1. The van der Waals surface area contributed by atoms with Gasteiger partial charge in [0, 0.05) is 20.1 Å². The number of rotatable bonds is 7. The van der Waals surface area contributed by atoms with Gasteiger partial charge in [-0.2, -0.15) is 0 Å². The van der Waals surface area contributed by atoms with E-state index in [0.717, 1.165) is 37.6 Å². The summed E-state index contributed by atoms with van der Waals surface area (Å²) in [7, 11) is 3.52. The van der Waals surface area contributed by atoms with Gasteiger partial charge in [0.2, 0.25) is 0 Å². The molecule has 0 atom stereocenters. The molecule has 0 aliphatic heterocycles. The number of halogens is 1. The molecule has 0 aromatic heterocycles. The van der Waals surface area contributed by atoms with Gasteiger partial charge in [-0.3, -0.25) is 4.99 Å². The second kappa shape index (κ2) is 11.6. The van der Waals surface area contributed by atoms with Crippen molar-refractivity contribution in [3.05, 3.63) is 29.3 Å². The molecule has 5 heteroatoms. The number of hydrogen-bond acceptors (Lipinski definition) is 2. The van der Waals surface area contributed by atoms with Gasteiger partial charge in [0.1, 0.15) is 5.75 Å². The van der Waals surface area contributed by atoms with Gasteiger partial charge in [0.25, 0.3) is 0 Å². The summed E-state index contributed by atoms with van der Waals surface area (Å²) in [5, 5.41) is 6.67. The van der Waals surface area contributed by atoms with Crippen LogP contribution in [0.3, 0.4) is 0 Å². The standard InChI is InChI=1S/C17H29N3O.HI/c1-13(2)8-10-19-17(18-4)20-11-9-15-7-6-14(3)16(12-15)21-5;/h6-7,12-13H,8-11H2,1-5H3,(H2,18,19,20);1H. The second-order valence-electron chi connectivity index (χ2n) is 5.66. The average Bonchev–Trinajstić information content (AvgIpc) is 2.47. The van der Waals surface area contributed by atoms with Crippen molar-refractivity contribution in [2.45, 2.75) is 33.6 Å². The first kappa shape index (κ1) is 21.0. The smallest absolute Gasteiger partial charge is 0.190 e. The number of nitrogens with one attached hydrogen (secondary N) is 2. The van der Waals surface area contributed by atoms with Crippen LogP contribution < -0.4 is 15.4 Å². The first-order valence-electron chi connectivity index (χ1n) is 7.64. The minimum absolute atomic E-state index is 0. The lowest BCUT2D eigenvalue weighted by molar-refractivity contribution is 0.411. The van der Waals surface area contributed by atoms with Crippen LogP contribution >= 0.6 is 24.0 Å². The monoisotopic (exact) mass is 419 g/mol. The van der Waals surface area contributed by atoms with Gasteiger partial charge in [0.15, 0.2) is 5.96 Å². The van der Waals surface area contributed by atoms with Crippen molar-refractivity contribution in [2.75, 3.05) is 27.2 Å². The highest BCUT2D eigenvalue weighted by Crippen LogP contribution is 2.18. The molecule has 0 spiro atoms. The van der Waals surface area contributed by atoms with E-state index in [2.05, 4.69) is 54.6 Å². The van der Waals surface area contributed by atoms with Crippen molar-refractivity contribution < 1.29 is 4.74 Å². The SMILES string of the molecule is CN=C(NCCc1ccc(C)c(OC)c1)NCCC(C)C.I. The Morgan fingerprint density at radius 2 is 1.91 bits per heavy atom. The highest BCUT2D eigenvalue weighted by atomic mass is 127. The molecule has 0 saturated heterocycles. The van der Waals surface area contributed by atoms with E-state index in [1.807, 2.05) is 0 Å². The zero-order valence-corrected chi connectivity index (χ0v) is 16.7. The van der Waals surface area contributed by atoms with Gasteiger partial charge in [-0.05, 0) is 42.9 Å². The van der Waals surface area contributed by atoms with Crippen LogP contribution in [0.2, 0.25) is 0 Å². The number of ether oxygens (including phenoxy) is 1. The Labute approximate surface area is 152 Å². The Morgan fingerprint density at radius 1 is 1.23 bits per heavy atom. The fraction of sp³-hybridized carbons (Fsp3) is 0.588. The molecular weight excluding hydrogens is 389 g/mol.